The third-order valence-electron chi connectivity index (χ3n) is 4.42. The average molecular weight is 487 g/mol. The van der Waals surface area contributed by atoms with Gasteiger partial charge in [-0.05, 0) is 18.2 Å². The van der Waals surface area contributed by atoms with Gasteiger partial charge in [0, 0.05) is 33.9 Å². The van der Waals surface area contributed by atoms with Gasteiger partial charge in [0.05, 0.1) is 6.54 Å². The van der Waals surface area contributed by atoms with Crippen LogP contribution in [0, 0.1) is 0 Å². The number of nitrogens with one attached hydrogen (secondary N) is 1. The molecule has 0 saturated carbocycles. The Morgan fingerprint density at radius 1 is 1.03 bits per heavy atom. The molecule has 4 aromatic rings. The number of fused-ring (bicyclic) bond motifs is 1. The summed E-state index contributed by atoms with van der Waals surface area (Å²) in [4.78, 5) is 16.1. The van der Waals surface area contributed by atoms with Crippen LogP contribution in [0.2, 0.25) is 10.0 Å². The van der Waals surface area contributed by atoms with Crippen LogP contribution >= 0.6 is 23.2 Å². The maximum atomic E-state index is 13.3. The van der Waals surface area contributed by atoms with E-state index in [2.05, 4.69) is 20.5 Å². The first-order valence-electron chi connectivity index (χ1n) is 8.97. The van der Waals surface area contributed by atoms with Crippen LogP contribution in [0.1, 0.15) is 40.3 Å². The summed E-state index contributed by atoms with van der Waals surface area (Å²) in [6, 6.07) is 8.15. The minimum atomic E-state index is -3.10. The third-order valence-corrected chi connectivity index (χ3v) is 5.13. The minimum absolute atomic E-state index is 0.144. The van der Waals surface area contributed by atoms with Gasteiger partial charge in [0.2, 0.25) is 0 Å². The van der Waals surface area contributed by atoms with Crippen LogP contribution in [0.15, 0.2) is 42.6 Å². The molecule has 166 valence electrons. The molecule has 4 rings (SSSR count). The van der Waals surface area contributed by atoms with Gasteiger partial charge in [-0.1, -0.05) is 29.3 Å². The minimum Gasteiger partial charge on any atom is -0.304 e. The lowest BCUT2D eigenvalue weighted by atomic mass is 10.2. The Morgan fingerprint density at radius 3 is 2.41 bits per heavy atom. The molecule has 13 heteroatoms. The number of rotatable bonds is 6. The molecule has 0 radical (unpaired) electrons. The topological polar surface area (TPSA) is 77.1 Å². The molecule has 0 aliphatic carbocycles. The zero-order chi connectivity index (χ0) is 23.0. The first kappa shape index (κ1) is 22.0. The number of benzene rings is 1. The molecule has 1 aromatic carbocycles. The zero-order valence-electron chi connectivity index (χ0n) is 15.8. The molecule has 32 heavy (non-hydrogen) atoms. The Hall–Kier alpha value is -3.18. The number of hydrogen-bond acceptors (Lipinski definition) is 4. The third kappa shape index (κ3) is 4.39. The molecule has 0 unspecified atom stereocenters. The lowest BCUT2D eigenvalue weighted by Crippen LogP contribution is -2.14. The van der Waals surface area contributed by atoms with Gasteiger partial charge >= 0.3 is 0 Å². The summed E-state index contributed by atoms with van der Waals surface area (Å²) in [6.45, 7) is 0.237. The molecule has 0 bridgehead atoms. The predicted octanol–water partition coefficient (Wildman–Crippen LogP) is 5.41. The van der Waals surface area contributed by atoms with Crippen LogP contribution in [0.5, 0.6) is 0 Å². The summed E-state index contributed by atoms with van der Waals surface area (Å²) in [5.74, 6) is -0.638. The van der Waals surface area contributed by atoms with Gasteiger partial charge in [0.25, 0.3) is 18.8 Å². The van der Waals surface area contributed by atoms with Crippen molar-refractivity contribution in [1.82, 2.24) is 24.4 Å². The number of carbonyl (C=O) groups excluding carboxylic acids is 1. The maximum absolute atomic E-state index is 13.3. The second-order valence-corrected chi connectivity index (χ2v) is 7.37. The molecule has 0 atom stereocenters. The second kappa shape index (κ2) is 8.75. The SMILES string of the molecule is O=C(Nc1ccn(Cc2c(Cl)cccc2Cl)n1)c1cc2nc(C(F)F)cc(C(F)F)n2n1. The van der Waals surface area contributed by atoms with Crippen molar-refractivity contribution < 1.29 is 22.4 Å². The molecule has 3 heterocycles. The second-order valence-electron chi connectivity index (χ2n) is 6.56. The van der Waals surface area contributed by atoms with Crippen LogP contribution < -0.4 is 5.32 Å². The fourth-order valence-corrected chi connectivity index (χ4v) is 3.46. The number of aromatic nitrogens is 5. The molecule has 3 aromatic heterocycles. The molecular formula is C19H12Cl2F4N6O. The van der Waals surface area contributed by atoms with Gasteiger partial charge in [-0.15, -0.1) is 0 Å². The van der Waals surface area contributed by atoms with Crippen LogP contribution in [0.3, 0.4) is 0 Å². The zero-order valence-corrected chi connectivity index (χ0v) is 17.3. The number of anilines is 1. The summed E-state index contributed by atoms with van der Waals surface area (Å²) in [6.07, 6.45) is -4.58. The Bertz CT molecular complexity index is 1290. The molecule has 1 N–H and O–H groups in total. The van der Waals surface area contributed by atoms with Gasteiger partial charge in [0.15, 0.2) is 17.2 Å². The smallest absolute Gasteiger partial charge is 0.280 e. The lowest BCUT2D eigenvalue weighted by molar-refractivity contribution is 0.102. The van der Waals surface area contributed by atoms with E-state index >= 15 is 0 Å². The van der Waals surface area contributed by atoms with Crippen molar-refractivity contribution in [2.75, 3.05) is 5.32 Å². The normalized spacial score (nSPS) is 11.6. The molecule has 0 spiro atoms. The molecule has 0 aliphatic rings. The fourth-order valence-electron chi connectivity index (χ4n) is 2.94. The van der Waals surface area contributed by atoms with Crippen molar-refractivity contribution in [2.24, 2.45) is 0 Å². The van der Waals surface area contributed by atoms with Gasteiger partial charge < -0.3 is 5.32 Å². The first-order chi connectivity index (χ1) is 15.2. The Labute approximate surface area is 187 Å². The summed E-state index contributed by atoms with van der Waals surface area (Å²) in [5, 5.41) is 11.3. The highest BCUT2D eigenvalue weighted by Crippen LogP contribution is 2.26. The maximum Gasteiger partial charge on any atom is 0.280 e. The number of alkyl halides is 4. The molecule has 0 aliphatic heterocycles. The Morgan fingerprint density at radius 2 is 1.75 bits per heavy atom. The number of hydrogen-bond donors (Lipinski definition) is 1. The van der Waals surface area contributed by atoms with E-state index in [0.717, 1.165) is 6.07 Å². The highest BCUT2D eigenvalue weighted by molar-refractivity contribution is 6.35. The van der Waals surface area contributed by atoms with E-state index < -0.39 is 30.1 Å². The highest BCUT2D eigenvalue weighted by atomic mass is 35.5. The van der Waals surface area contributed by atoms with E-state index in [0.29, 0.717) is 26.2 Å². The van der Waals surface area contributed by atoms with Crippen LogP contribution in [-0.4, -0.2) is 30.3 Å². The summed E-state index contributed by atoms with van der Waals surface area (Å²) >= 11 is 12.3. The van der Waals surface area contributed by atoms with Crippen molar-refractivity contribution in [1.29, 1.82) is 0 Å². The number of halogens is 6. The average Bonchev–Trinajstić information content (AvgIpc) is 3.36. The van der Waals surface area contributed by atoms with Crippen LogP contribution in [-0.2, 0) is 6.54 Å². The Balaban J connectivity index is 1.56. The molecule has 1 amide bonds. The number of nitrogens with zero attached hydrogens (tertiary/aromatic N) is 5. The predicted molar refractivity (Wildman–Crippen MR) is 109 cm³/mol. The van der Waals surface area contributed by atoms with Gasteiger partial charge in [0.1, 0.15) is 11.4 Å². The molecular weight excluding hydrogens is 475 g/mol. The summed E-state index contributed by atoms with van der Waals surface area (Å²) in [7, 11) is 0. The lowest BCUT2D eigenvalue weighted by Gasteiger charge is -2.07. The van der Waals surface area contributed by atoms with Crippen LogP contribution in [0.4, 0.5) is 23.4 Å². The molecule has 0 fully saturated rings. The van der Waals surface area contributed by atoms with Crippen molar-refractivity contribution in [2.45, 2.75) is 19.4 Å². The van der Waals surface area contributed by atoms with E-state index in [1.165, 1.54) is 10.7 Å². The highest BCUT2D eigenvalue weighted by Gasteiger charge is 2.22. The molecule has 7 nitrogen and oxygen atoms in total. The van der Waals surface area contributed by atoms with E-state index in [-0.39, 0.29) is 23.7 Å². The summed E-state index contributed by atoms with van der Waals surface area (Å²) in [5.41, 5.74) is -1.60. The van der Waals surface area contributed by atoms with Gasteiger partial charge in [-0.2, -0.15) is 10.2 Å². The van der Waals surface area contributed by atoms with Crippen molar-refractivity contribution in [3.8, 4) is 0 Å². The fraction of sp³-hybridized carbons (Fsp3) is 0.158. The quantitative estimate of drug-likeness (QED) is 0.369. The number of amides is 1. The first-order valence-corrected chi connectivity index (χ1v) is 9.73. The Kier molecular flexibility index (Phi) is 6.02. The number of carbonyl (C=O) groups is 1. The van der Waals surface area contributed by atoms with Crippen molar-refractivity contribution in [3.05, 3.63) is 75.3 Å². The van der Waals surface area contributed by atoms with Gasteiger partial charge in [-0.3, -0.25) is 9.48 Å². The van der Waals surface area contributed by atoms with E-state index in [1.54, 1.807) is 24.4 Å². The monoisotopic (exact) mass is 486 g/mol. The largest absolute Gasteiger partial charge is 0.304 e. The van der Waals surface area contributed by atoms with E-state index in [4.69, 9.17) is 23.2 Å². The van der Waals surface area contributed by atoms with Crippen molar-refractivity contribution in [3.63, 3.8) is 0 Å². The van der Waals surface area contributed by atoms with Gasteiger partial charge in [-0.25, -0.2) is 27.1 Å². The summed E-state index contributed by atoms with van der Waals surface area (Å²) < 4.78 is 54.6. The van der Waals surface area contributed by atoms with E-state index in [9.17, 15) is 22.4 Å². The van der Waals surface area contributed by atoms with Crippen molar-refractivity contribution >= 4 is 40.6 Å². The van der Waals surface area contributed by atoms with Crippen LogP contribution in [0.25, 0.3) is 5.65 Å². The standard InChI is InChI=1S/C19H12Cl2F4N6O/c20-10-2-1-3-11(21)9(10)8-30-5-4-15(29-30)27-19(32)13-7-16-26-12(17(22)23)6-14(18(24)25)31(16)28-13/h1-7,17-18H,8H2,(H,27,29,32). The molecule has 0 saturated heterocycles. The van der Waals surface area contributed by atoms with E-state index in [1.807, 2.05) is 0 Å².